The zero-order valence-electron chi connectivity index (χ0n) is 7.66. The van der Waals surface area contributed by atoms with Gasteiger partial charge in [0, 0.05) is 6.08 Å². The van der Waals surface area contributed by atoms with Gasteiger partial charge in [-0.1, -0.05) is 6.58 Å². The minimum atomic E-state index is -0.895. The maximum atomic E-state index is 10.1. The van der Waals surface area contributed by atoms with Crippen molar-refractivity contribution in [3.8, 4) is 0 Å². The molecule has 3 heteroatoms. The number of aliphatic carboxylic acids is 1. The third-order valence-corrected chi connectivity index (χ3v) is 1.48. The molecule has 0 bridgehead atoms. The van der Waals surface area contributed by atoms with Crippen LogP contribution in [-0.4, -0.2) is 42.7 Å². The third kappa shape index (κ3) is 5.68. The van der Waals surface area contributed by atoms with E-state index >= 15 is 0 Å². The predicted molar refractivity (Wildman–Crippen MR) is 48.8 cm³/mol. The molecule has 3 nitrogen and oxygen atoms in total. The lowest BCUT2D eigenvalue weighted by Crippen LogP contribution is -2.39. The second kappa shape index (κ2) is 4.72. The zero-order chi connectivity index (χ0) is 9.61. The summed E-state index contributed by atoms with van der Waals surface area (Å²) in [5.41, 5.74) is 0. The summed E-state index contributed by atoms with van der Waals surface area (Å²) in [6, 6.07) is 0. The van der Waals surface area contributed by atoms with Crippen LogP contribution in [0.2, 0.25) is 0 Å². The average molecular weight is 170 g/mol. The molecule has 0 atom stereocenters. The molecule has 0 radical (unpaired) electrons. The molecule has 0 aromatic rings. The summed E-state index contributed by atoms with van der Waals surface area (Å²) >= 11 is 0. The maximum absolute atomic E-state index is 10.1. The first-order chi connectivity index (χ1) is 5.48. The van der Waals surface area contributed by atoms with E-state index in [1.165, 1.54) is 6.08 Å². The van der Waals surface area contributed by atoms with Crippen LogP contribution < -0.4 is 0 Å². The van der Waals surface area contributed by atoms with Gasteiger partial charge in [-0.25, -0.2) is 4.79 Å². The quantitative estimate of drug-likeness (QED) is 0.378. The second-order valence-corrected chi connectivity index (χ2v) is 3.33. The van der Waals surface area contributed by atoms with Gasteiger partial charge in [-0.15, -0.1) is 0 Å². The molecule has 1 N–H and O–H groups in total. The first-order valence-electron chi connectivity index (χ1n) is 3.80. The number of carbonyl (C=O) groups is 1. The summed E-state index contributed by atoms with van der Waals surface area (Å²) in [6.07, 6.45) is 4.66. The van der Waals surface area contributed by atoms with E-state index in [1.807, 2.05) is 20.2 Å². The topological polar surface area (TPSA) is 37.3 Å². The van der Waals surface area contributed by atoms with E-state index in [2.05, 4.69) is 6.58 Å². The summed E-state index contributed by atoms with van der Waals surface area (Å²) in [4.78, 5) is 10.1. The molecular formula is C9H16NO2+. The van der Waals surface area contributed by atoms with Crippen LogP contribution in [0.25, 0.3) is 0 Å². The van der Waals surface area contributed by atoms with Gasteiger partial charge in [0.25, 0.3) is 0 Å². The van der Waals surface area contributed by atoms with Crippen LogP contribution in [0.3, 0.4) is 0 Å². The van der Waals surface area contributed by atoms with Crippen LogP contribution in [0.4, 0.5) is 0 Å². The number of hydrogen-bond donors (Lipinski definition) is 1. The number of hydrogen-bond acceptors (Lipinski definition) is 1. The summed E-state index contributed by atoms with van der Waals surface area (Å²) < 4.78 is 0.729. The van der Waals surface area contributed by atoms with E-state index in [0.29, 0.717) is 6.54 Å². The standard InChI is InChI=1S/C9H15NO2/c1-4-7-10(2,3)8-5-6-9(11)12/h4-6H,1,7-8H2,2-3H3/p+1. The van der Waals surface area contributed by atoms with Gasteiger partial charge in [0.2, 0.25) is 0 Å². The summed E-state index contributed by atoms with van der Waals surface area (Å²) in [6.45, 7) is 5.18. The summed E-state index contributed by atoms with van der Waals surface area (Å²) in [7, 11) is 4.04. The Kier molecular flexibility index (Phi) is 4.29. The minimum absolute atomic E-state index is 0.707. The molecule has 0 heterocycles. The number of rotatable bonds is 5. The molecule has 0 aromatic carbocycles. The molecule has 0 aromatic heterocycles. The van der Waals surface area contributed by atoms with Crippen molar-refractivity contribution in [3.63, 3.8) is 0 Å². The molecule has 0 aliphatic carbocycles. The Balaban J connectivity index is 3.89. The molecule has 0 unspecified atom stereocenters. The SMILES string of the molecule is C=CC[N+](C)(C)CC=CC(=O)O. The molecule has 0 amide bonds. The first kappa shape index (κ1) is 10.9. The van der Waals surface area contributed by atoms with Gasteiger partial charge in [-0.2, -0.15) is 0 Å². The molecule has 0 spiro atoms. The van der Waals surface area contributed by atoms with Crippen molar-refractivity contribution in [3.05, 3.63) is 24.8 Å². The average Bonchev–Trinajstić information content (AvgIpc) is 1.85. The number of likely N-dealkylation sites (N-methyl/N-ethyl adjacent to an activating group) is 1. The number of quaternary nitrogens is 1. The highest BCUT2D eigenvalue weighted by Crippen LogP contribution is 1.96. The van der Waals surface area contributed by atoms with Crippen molar-refractivity contribution in [2.45, 2.75) is 0 Å². The van der Waals surface area contributed by atoms with Gasteiger partial charge in [-0.3, -0.25) is 0 Å². The lowest BCUT2D eigenvalue weighted by Gasteiger charge is -2.26. The second-order valence-electron chi connectivity index (χ2n) is 3.33. The Morgan fingerprint density at radius 2 is 2.08 bits per heavy atom. The Morgan fingerprint density at radius 3 is 2.50 bits per heavy atom. The number of carboxylic acid groups (broad SMARTS) is 1. The third-order valence-electron chi connectivity index (χ3n) is 1.48. The van der Waals surface area contributed by atoms with Crippen molar-refractivity contribution in [2.75, 3.05) is 27.2 Å². The Morgan fingerprint density at radius 1 is 1.50 bits per heavy atom. The maximum Gasteiger partial charge on any atom is 0.328 e. The van der Waals surface area contributed by atoms with Crippen molar-refractivity contribution in [2.24, 2.45) is 0 Å². The Bertz CT molecular complexity index is 195. The van der Waals surface area contributed by atoms with Gasteiger partial charge >= 0.3 is 5.97 Å². The fourth-order valence-corrected chi connectivity index (χ4v) is 0.863. The minimum Gasteiger partial charge on any atom is -0.478 e. The highest BCUT2D eigenvalue weighted by Gasteiger charge is 2.09. The number of carboxylic acids is 1. The molecule has 0 saturated carbocycles. The highest BCUT2D eigenvalue weighted by molar-refractivity contribution is 5.79. The van der Waals surface area contributed by atoms with E-state index in [0.717, 1.165) is 11.0 Å². The molecule has 0 fully saturated rings. The van der Waals surface area contributed by atoms with E-state index in [9.17, 15) is 4.79 Å². The highest BCUT2D eigenvalue weighted by atomic mass is 16.4. The molecule has 12 heavy (non-hydrogen) atoms. The molecule has 0 saturated heterocycles. The van der Waals surface area contributed by atoms with E-state index in [1.54, 1.807) is 6.08 Å². The smallest absolute Gasteiger partial charge is 0.328 e. The molecule has 0 aliphatic heterocycles. The van der Waals surface area contributed by atoms with E-state index < -0.39 is 5.97 Å². The van der Waals surface area contributed by atoms with Crippen LogP contribution in [0.5, 0.6) is 0 Å². The lowest BCUT2D eigenvalue weighted by molar-refractivity contribution is -0.878. The van der Waals surface area contributed by atoms with E-state index in [4.69, 9.17) is 5.11 Å². The van der Waals surface area contributed by atoms with Crippen molar-refractivity contribution >= 4 is 5.97 Å². The fourth-order valence-electron chi connectivity index (χ4n) is 0.863. The first-order valence-corrected chi connectivity index (χ1v) is 3.80. The van der Waals surface area contributed by atoms with Gasteiger partial charge in [0.15, 0.2) is 0 Å². The summed E-state index contributed by atoms with van der Waals surface area (Å²) in [5.74, 6) is -0.895. The van der Waals surface area contributed by atoms with Crippen molar-refractivity contribution in [1.82, 2.24) is 0 Å². The number of nitrogens with zero attached hydrogens (tertiary/aromatic N) is 1. The van der Waals surface area contributed by atoms with Crippen LogP contribution in [0.15, 0.2) is 24.8 Å². The van der Waals surface area contributed by atoms with Gasteiger partial charge in [0.1, 0.15) is 0 Å². The fraction of sp³-hybridized carbons (Fsp3) is 0.444. The molecular weight excluding hydrogens is 154 g/mol. The van der Waals surface area contributed by atoms with Crippen LogP contribution in [0.1, 0.15) is 0 Å². The largest absolute Gasteiger partial charge is 0.478 e. The predicted octanol–water partition coefficient (Wildman–Crippen LogP) is 0.890. The van der Waals surface area contributed by atoms with E-state index in [-0.39, 0.29) is 0 Å². The summed E-state index contributed by atoms with van der Waals surface area (Å²) in [5, 5.41) is 8.33. The van der Waals surface area contributed by atoms with Crippen molar-refractivity contribution < 1.29 is 14.4 Å². The van der Waals surface area contributed by atoms with Gasteiger partial charge in [0.05, 0.1) is 27.2 Å². The molecule has 0 aliphatic rings. The van der Waals surface area contributed by atoms with Crippen LogP contribution in [-0.2, 0) is 4.79 Å². The molecule has 0 rings (SSSR count). The Hall–Kier alpha value is -1.09. The van der Waals surface area contributed by atoms with Crippen LogP contribution >= 0.6 is 0 Å². The zero-order valence-corrected chi connectivity index (χ0v) is 7.66. The Labute approximate surface area is 73.2 Å². The normalized spacial score (nSPS) is 11.8. The van der Waals surface area contributed by atoms with Gasteiger partial charge in [-0.05, 0) is 12.2 Å². The monoisotopic (exact) mass is 170 g/mol. The molecule has 68 valence electrons. The van der Waals surface area contributed by atoms with Gasteiger partial charge < -0.3 is 9.59 Å². The lowest BCUT2D eigenvalue weighted by atomic mass is 10.4. The van der Waals surface area contributed by atoms with Crippen LogP contribution in [0, 0.1) is 0 Å². The van der Waals surface area contributed by atoms with Crippen molar-refractivity contribution in [1.29, 1.82) is 0 Å².